The van der Waals surface area contributed by atoms with Gasteiger partial charge in [-0.25, -0.2) is 4.68 Å². The van der Waals surface area contributed by atoms with Crippen LogP contribution in [0.2, 0.25) is 0 Å². The highest BCUT2D eigenvalue weighted by molar-refractivity contribution is 5.92. The van der Waals surface area contributed by atoms with Gasteiger partial charge in [0, 0.05) is 6.04 Å². The maximum Gasteiger partial charge on any atom is 0.273 e. The number of rotatable bonds is 3. The quantitative estimate of drug-likeness (QED) is 0.890. The second-order valence-electron chi connectivity index (χ2n) is 6.41. The molecule has 124 valence electrons. The van der Waals surface area contributed by atoms with E-state index in [1.54, 1.807) is 6.20 Å². The third-order valence-electron chi connectivity index (χ3n) is 4.85. The summed E-state index contributed by atoms with van der Waals surface area (Å²) in [5.74, 6) is 0.482. The van der Waals surface area contributed by atoms with E-state index in [-0.39, 0.29) is 24.4 Å². The highest BCUT2D eigenvalue weighted by Gasteiger charge is 2.25. The Morgan fingerprint density at radius 3 is 2.73 bits per heavy atom. The van der Waals surface area contributed by atoms with E-state index in [0.717, 1.165) is 32.4 Å². The molecule has 1 aliphatic heterocycles. The Balaban J connectivity index is 0.00000176. The van der Waals surface area contributed by atoms with Gasteiger partial charge in [0.2, 0.25) is 0 Å². The Bertz CT molecular complexity index is 486. The lowest BCUT2D eigenvalue weighted by Gasteiger charge is -2.29. The molecule has 0 radical (unpaired) electrons. The summed E-state index contributed by atoms with van der Waals surface area (Å²) < 4.78 is 1.86. The summed E-state index contributed by atoms with van der Waals surface area (Å²) in [6.45, 7) is 4.23. The van der Waals surface area contributed by atoms with Crippen LogP contribution >= 0.6 is 12.4 Å². The van der Waals surface area contributed by atoms with Crippen molar-refractivity contribution in [3.05, 3.63) is 11.9 Å². The van der Waals surface area contributed by atoms with Gasteiger partial charge in [-0.05, 0) is 44.7 Å². The molecule has 2 fully saturated rings. The van der Waals surface area contributed by atoms with Crippen LogP contribution in [0.25, 0.3) is 0 Å². The zero-order valence-electron chi connectivity index (χ0n) is 13.1. The molecule has 1 saturated carbocycles. The summed E-state index contributed by atoms with van der Waals surface area (Å²) in [4.78, 5) is 12.3. The topological polar surface area (TPSA) is 71.8 Å². The Morgan fingerprint density at radius 2 is 2.00 bits per heavy atom. The van der Waals surface area contributed by atoms with Gasteiger partial charge in [-0.1, -0.05) is 25.0 Å². The average molecular weight is 328 g/mol. The smallest absolute Gasteiger partial charge is 0.273 e. The van der Waals surface area contributed by atoms with Crippen molar-refractivity contribution in [3.63, 3.8) is 0 Å². The van der Waals surface area contributed by atoms with Crippen molar-refractivity contribution >= 4 is 18.3 Å². The van der Waals surface area contributed by atoms with Gasteiger partial charge in [0.05, 0.1) is 12.2 Å². The number of carbonyl (C=O) groups excluding carboxylic acids is 1. The standard InChI is InChI=1S/C15H25N5O.ClH/c1-11-4-2-3-5-13(11)17-15(21)14-10-20(19-18-14)12-6-8-16-9-7-12;/h10-13,16H,2-9H2,1H3,(H,17,21);1H. The van der Waals surface area contributed by atoms with E-state index in [9.17, 15) is 4.79 Å². The minimum atomic E-state index is -0.0751. The maximum atomic E-state index is 12.3. The van der Waals surface area contributed by atoms with Gasteiger partial charge in [0.15, 0.2) is 5.69 Å². The molecule has 6 nitrogen and oxygen atoms in total. The molecule has 3 rings (SSSR count). The predicted octanol–water partition coefficient (Wildman–Crippen LogP) is 1.93. The molecule has 1 amide bonds. The van der Waals surface area contributed by atoms with Crippen LogP contribution < -0.4 is 10.6 Å². The number of aromatic nitrogens is 3. The molecule has 0 aromatic carbocycles. The van der Waals surface area contributed by atoms with E-state index in [1.165, 1.54) is 19.3 Å². The molecule has 1 aliphatic carbocycles. The molecule has 1 aromatic heterocycles. The van der Waals surface area contributed by atoms with Crippen LogP contribution in [-0.4, -0.2) is 40.0 Å². The molecular formula is C15H26ClN5O. The van der Waals surface area contributed by atoms with Crippen molar-refractivity contribution in [2.75, 3.05) is 13.1 Å². The van der Waals surface area contributed by atoms with E-state index in [4.69, 9.17) is 0 Å². The number of amides is 1. The fourth-order valence-corrected chi connectivity index (χ4v) is 3.40. The summed E-state index contributed by atoms with van der Waals surface area (Å²) in [7, 11) is 0. The van der Waals surface area contributed by atoms with Gasteiger partial charge in [-0.2, -0.15) is 0 Å². The first kappa shape index (κ1) is 17.2. The van der Waals surface area contributed by atoms with Gasteiger partial charge in [-0.15, -0.1) is 17.5 Å². The van der Waals surface area contributed by atoms with Crippen LogP contribution in [0.1, 0.15) is 62.0 Å². The lowest BCUT2D eigenvalue weighted by Crippen LogP contribution is -2.41. The Labute approximate surface area is 137 Å². The summed E-state index contributed by atoms with van der Waals surface area (Å²) in [6, 6.07) is 0.657. The molecule has 1 aromatic rings. The molecule has 0 bridgehead atoms. The van der Waals surface area contributed by atoms with Crippen LogP contribution in [0.15, 0.2) is 6.20 Å². The van der Waals surface area contributed by atoms with Gasteiger partial charge in [0.25, 0.3) is 5.91 Å². The van der Waals surface area contributed by atoms with Crippen molar-refractivity contribution in [1.82, 2.24) is 25.6 Å². The summed E-state index contributed by atoms with van der Waals surface area (Å²) in [6.07, 6.45) is 8.66. The minimum Gasteiger partial charge on any atom is -0.348 e. The molecule has 7 heteroatoms. The molecule has 22 heavy (non-hydrogen) atoms. The first-order chi connectivity index (χ1) is 10.2. The van der Waals surface area contributed by atoms with Gasteiger partial charge < -0.3 is 10.6 Å². The third-order valence-corrected chi connectivity index (χ3v) is 4.85. The number of nitrogens with zero attached hydrogens (tertiary/aromatic N) is 3. The highest BCUT2D eigenvalue weighted by atomic mass is 35.5. The molecule has 1 saturated heterocycles. The normalized spacial score (nSPS) is 26.2. The summed E-state index contributed by atoms with van der Waals surface area (Å²) in [5, 5.41) is 14.7. The van der Waals surface area contributed by atoms with Gasteiger partial charge in [-0.3, -0.25) is 4.79 Å². The highest BCUT2D eigenvalue weighted by Crippen LogP contribution is 2.24. The number of halogens is 1. The molecular weight excluding hydrogens is 302 g/mol. The fourth-order valence-electron chi connectivity index (χ4n) is 3.40. The van der Waals surface area contributed by atoms with Crippen molar-refractivity contribution in [1.29, 1.82) is 0 Å². The van der Waals surface area contributed by atoms with Crippen molar-refractivity contribution in [3.8, 4) is 0 Å². The lowest BCUT2D eigenvalue weighted by molar-refractivity contribution is 0.0905. The SMILES string of the molecule is CC1CCCCC1NC(=O)c1cn(C2CCNCC2)nn1.Cl. The number of carbonyl (C=O) groups is 1. The number of piperidine rings is 1. The number of nitrogens with one attached hydrogen (secondary N) is 2. The van der Waals surface area contributed by atoms with E-state index in [2.05, 4.69) is 27.9 Å². The zero-order valence-corrected chi connectivity index (χ0v) is 13.9. The monoisotopic (exact) mass is 327 g/mol. The minimum absolute atomic E-state index is 0. The van der Waals surface area contributed by atoms with Crippen molar-refractivity contribution in [2.45, 2.75) is 57.5 Å². The Hall–Kier alpha value is -1.14. The maximum absolute atomic E-state index is 12.3. The predicted molar refractivity (Wildman–Crippen MR) is 87.3 cm³/mol. The van der Waals surface area contributed by atoms with Crippen LogP contribution in [0.5, 0.6) is 0 Å². The van der Waals surface area contributed by atoms with E-state index >= 15 is 0 Å². The average Bonchev–Trinajstić information content (AvgIpc) is 3.00. The first-order valence-corrected chi connectivity index (χ1v) is 8.17. The Morgan fingerprint density at radius 1 is 1.27 bits per heavy atom. The molecule has 2 heterocycles. The molecule has 2 atom stereocenters. The third kappa shape index (κ3) is 3.98. The van der Waals surface area contributed by atoms with Crippen LogP contribution in [0, 0.1) is 5.92 Å². The first-order valence-electron chi connectivity index (χ1n) is 8.17. The van der Waals surface area contributed by atoms with Gasteiger partial charge in [0.1, 0.15) is 0 Å². The second kappa shape index (κ2) is 7.92. The zero-order chi connectivity index (χ0) is 14.7. The van der Waals surface area contributed by atoms with Gasteiger partial charge >= 0.3 is 0 Å². The molecule has 2 aliphatic rings. The van der Waals surface area contributed by atoms with Crippen LogP contribution in [0.4, 0.5) is 0 Å². The lowest BCUT2D eigenvalue weighted by atomic mass is 9.86. The van der Waals surface area contributed by atoms with Crippen LogP contribution in [-0.2, 0) is 0 Å². The van der Waals surface area contributed by atoms with E-state index in [1.807, 2.05) is 4.68 Å². The summed E-state index contributed by atoms with van der Waals surface area (Å²) >= 11 is 0. The molecule has 2 N–H and O–H groups in total. The number of hydrogen-bond donors (Lipinski definition) is 2. The summed E-state index contributed by atoms with van der Waals surface area (Å²) in [5.41, 5.74) is 0.450. The fraction of sp³-hybridized carbons (Fsp3) is 0.800. The second-order valence-corrected chi connectivity index (χ2v) is 6.41. The molecule has 2 unspecified atom stereocenters. The van der Waals surface area contributed by atoms with Crippen LogP contribution in [0.3, 0.4) is 0 Å². The van der Waals surface area contributed by atoms with Crippen molar-refractivity contribution in [2.24, 2.45) is 5.92 Å². The van der Waals surface area contributed by atoms with Crippen molar-refractivity contribution < 1.29 is 4.79 Å². The molecule has 0 spiro atoms. The Kier molecular flexibility index (Phi) is 6.20. The van der Waals surface area contributed by atoms with E-state index < -0.39 is 0 Å². The largest absolute Gasteiger partial charge is 0.348 e. The van der Waals surface area contributed by atoms with E-state index in [0.29, 0.717) is 17.7 Å². The number of hydrogen-bond acceptors (Lipinski definition) is 4.